The van der Waals surface area contributed by atoms with E-state index < -0.39 is 23.5 Å². The quantitative estimate of drug-likeness (QED) is 0.279. The molecule has 1 aliphatic rings. The Balaban J connectivity index is 1.99. The van der Waals surface area contributed by atoms with Crippen LogP contribution in [0.1, 0.15) is 17.2 Å². The van der Waals surface area contributed by atoms with Crippen LogP contribution in [0.25, 0.3) is 5.76 Å². The summed E-state index contributed by atoms with van der Waals surface area (Å²) in [6.07, 6.45) is 0. The summed E-state index contributed by atoms with van der Waals surface area (Å²) >= 11 is 12.4. The molecule has 1 heterocycles. The van der Waals surface area contributed by atoms with Gasteiger partial charge in [0.15, 0.2) is 0 Å². The molecule has 1 unspecified atom stereocenters. The lowest BCUT2D eigenvalue weighted by Crippen LogP contribution is -2.29. The highest BCUT2D eigenvalue weighted by atomic mass is 35.5. The second-order valence-corrected chi connectivity index (χ2v) is 8.27. The number of nitrogens with zero attached hydrogens (tertiary/aromatic N) is 1. The normalized spacial score (nSPS) is 17.2. The summed E-state index contributed by atoms with van der Waals surface area (Å²) in [5, 5.41) is 21.7. The number of hydrogen-bond donors (Lipinski definition) is 2. The lowest BCUT2D eigenvalue weighted by atomic mass is 9.94. The minimum atomic E-state index is -1.05. The van der Waals surface area contributed by atoms with Crippen molar-refractivity contribution < 1.29 is 29.3 Å². The summed E-state index contributed by atoms with van der Waals surface area (Å²) in [7, 11) is 2.87. The van der Waals surface area contributed by atoms with Crippen LogP contribution in [0.2, 0.25) is 10.0 Å². The number of amides is 1. The standard InChI is InChI=1S/C25H19Cl2NO6/c1-33-17-8-6-15(7-9-17)28-21(13-4-3-5-16(29)10-13)20(23(31)25(28)32)22(30)18-11-14(26)12-19(27)24(18)34-2/h3-12,21,29-30H,1-2H3/b22-20+. The Kier molecular flexibility index (Phi) is 6.41. The fourth-order valence-corrected chi connectivity index (χ4v) is 4.51. The molecule has 1 aliphatic heterocycles. The van der Waals surface area contributed by atoms with Gasteiger partial charge in [-0.3, -0.25) is 14.5 Å². The molecular weight excluding hydrogens is 481 g/mol. The van der Waals surface area contributed by atoms with E-state index in [1.165, 1.54) is 43.4 Å². The van der Waals surface area contributed by atoms with E-state index in [1.54, 1.807) is 36.4 Å². The largest absolute Gasteiger partial charge is 0.508 e. The summed E-state index contributed by atoms with van der Waals surface area (Å²) < 4.78 is 10.5. The second-order valence-electron chi connectivity index (χ2n) is 7.43. The molecule has 0 spiro atoms. The number of rotatable bonds is 5. The molecule has 1 fully saturated rings. The van der Waals surface area contributed by atoms with Gasteiger partial charge in [-0.1, -0.05) is 35.3 Å². The van der Waals surface area contributed by atoms with E-state index in [0.29, 0.717) is 17.0 Å². The Bertz CT molecular complexity index is 1320. The molecule has 1 amide bonds. The van der Waals surface area contributed by atoms with Crippen molar-refractivity contribution >= 4 is 46.3 Å². The number of carbonyl (C=O) groups is 2. The highest BCUT2D eigenvalue weighted by molar-refractivity contribution is 6.52. The second kappa shape index (κ2) is 9.29. The van der Waals surface area contributed by atoms with Crippen LogP contribution in [0.15, 0.2) is 66.2 Å². The predicted octanol–water partition coefficient (Wildman–Crippen LogP) is 5.34. The molecule has 174 valence electrons. The van der Waals surface area contributed by atoms with Gasteiger partial charge in [-0.05, 0) is 54.1 Å². The minimum absolute atomic E-state index is 0.0536. The first-order valence-electron chi connectivity index (χ1n) is 10.0. The average molecular weight is 500 g/mol. The van der Waals surface area contributed by atoms with Gasteiger partial charge in [0.25, 0.3) is 11.7 Å². The molecule has 7 nitrogen and oxygen atoms in total. The van der Waals surface area contributed by atoms with E-state index in [1.807, 2.05) is 0 Å². The zero-order chi connectivity index (χ0) is 24.6. The molecule has 34 heavy (non-hydrogen) atoms. The maximum Gasteiger partial charge on any atom is 0.300 e. The molecule has 0 bridgehead atoms. The zero-order valence-corrected chi connectivity index (χ0v) is 19.6. The van der Waals surface area contributed by atoms with Crippen LogP contribution in [-0.2, 0) is 9.59 Å². The Labute approximate surface area is 205 Å². The van der Waals surface area contributed by atoms with E-state index in [0.717, 1.165) is 0 Å². The van der Waals surface area contributed by atoms with Crippen molar-refractivity contribution in [2.24, 2.45) is 0 Å². The van der Waals surface area contributed by atoms with Gasteiger partial charge < -0.3 is 19.7 Å². The van der Waals surface area contributed by atoms with Gasteiger partial charge >= 0.3 is 0 Å². The van der Waals surface area contributed by atoms with Crippen molar-refractivity contribution in [1.82, 2.24) is 0 Å². The molecule has 0 radical (unpaired) electrons. The molecule has 0 aliphatic carbocycles. The lowest BCUT2D eigenvalue weighted by Gasteiger charge is -2.26. The van der Waals surface area contributed by atoms with Crippen LogP contribution >= 0.6 is 23.2 Å². The Morgan fingerprint density at radius 2 is 1.68 bits per heavy atom. The van der Waals surface area contributed by atoms with Crippen LogP contribution in [0.5, 0.6) is 17.2 Å². The SMILES string of the molecule is COc1ccc(N2C(=O)C(=O)/C(=C(/O)c3cc(Cl)cc(Cl)c3OC)C2c2cccc(O)c2)cc1. The molecule has 0 saturated carbocycles. The Hall–Kier alpha value is -3.68. The van der Waals surface area contributed by atoms with Gasteiger partial charge in [0.1, 0.15) is 23.0 Å². The van der Waals surface area contributed by atoms with Gasteiger partial charge in [-0.15, -0.1) is 0 Å². The van der Waals surface area contributed by atoms with Crippen molar-refractivity contribution in [3.05, 3.63) is 87.4 Å². The third-order valence-corrected chi connectivity index (χ3v) is 5.95. The monoisotopic (exact) mass is 499 g/mol. The number of phenols is 1. The highest BCUT2D eigenvalue weighted by Gasteiger charge is 2.47. The van der Waals surface area contributed by atoms with E-state index in [2.05, 4.69) is 0 Å². The molecular formula is C25H19Cl2NO6. The third kappa shape index (κ3) is 4.04. The molecule has 0 aromatic heterocycles. The number of aliphatic hydroxyl groups is 1. The first kappa shape index (κ1) is 23.5. The number of aliphatic hydroxyl groups excluding tert-OH is 1. The first-order valence-corrected chi connectivity index (χ1v) is 10.8. The van der Waals surface area contributed by atoms with Gasteiger partial charge in [0.2, 0.25) is 0 Å². The molecule has 4 rings (SSSR count). The van der Waals surface area contributed by atoms with Gasteiger partial charge in [0, 0.05) is 10.7 Å². The predicted molar refractivity (Wildman–Crippen MR) is 129 cm³/mol. The summed E-state index contributed by atoms with van der Waals surface area (Å²) in [6.45, 7) is 0. The van der Waals surface area contributed by atoms with Crippen molar-refractivity contribution in [3.8, 4) is 17.2 Å². The third-order valence-electron chi connectivity index (χ3n) is 5.45. The molecule has 1 atom stereocenters. The smallest absolute Gasteiger partial charge is 0.300 e. The van der Waals surface area contributed by atoms with Crippen molar-refractivity contribution in [1.29, 1.82) is 0 Å². The highest BCUT2D eigenvalue weighted by Crippen LogP contribution is 2.45. The van der Waals surface area contributed by atoms with E-state index >= 15 is 0 Å². The molecule has 2 N–H and O–H groups in total. The summed E-state index contributed by atoms with van der Waals surface area (Å²) in [5.74, 6) is -1.70. The van der Waals surface area contributed by atoms with E-state index in [9.17, 15) is 19.8 Å². The van der Waals surface area contributed by atoms with Crippen molar-refractivity contribution in [3.63, 3.8) is 0 Å². The average Bonchev–Trinajstić information content (AvgIpc) is 3.08. The van der Waals surface area contributed by atoms with Gasteiger partial charge in [0.05, 0.1) is 36.4 Å². The fraction of sp³-hybridized carbons (Fsp3) is 0.120. The zero-order valence-electron chi connectivity index (χ0n) is 18.1. The maximum atomic E-state index is 13.3. The number of ether oxygens (including phenoxy) is 2. The number of aromatic hydroxyl groups is 1. The Morgan fingerprint density at radius 1 is 0.971 bits per heavy atom. The minimum Gasteiger partial charge on any atom is -0.508 e. The number of phenolic OH excluding ortho intramolecular Hbond substituents is 1. The van der Waals surface area contributed by atoms with Crippen LogP contribution in [-0.4, -0.2) is 36.1 Å². The number of hydrogen-bond acceptors (Lipinski definition) is 6. The van der Waals surface area contributed by atoms with Crippen molar-refractivity contribution in [2.75, 3.05) is 19.1 Å². The number of Topliss-reactive ketones (excluding diaryl/α,β-unsaturated/α-hetero) is 1. The summed E-state index contributed by atoms with van der Waals surface area (Å²) in [4.78, 5) is 27.7. The number of halogens is 2. The molecule has 3 aromatic rings. The molecule has 3 aromatic carbocycles. The lowest BCUT2D eigenvalue weighted by molar-refractivity contribution is -0.132. The van der Waals surface area contributed by atoms with E-state index in [4.69, 9.17) is 32.7 Å². The number of methoxy groups -OCH3 is 2. The summed E-state index contributed by atoms with van der Waals surface area (Å²) in [6, 6.07) is 14.4. The summed E-state index contributed by atoms with van der Waals surface area (Å²) in [5.41, 5.74) is 0.649. The maximum absolute atomic E-state index is 13.3. The van der Waals surface area contributed by atoms with Crippen molar-refractivity contribution in [2.45, 2.75) is 6.04 Å². The van der Waals surface area contributed by atoms with Crippen LogP contribution in [0.4, 0.5) is 5.69 Å². The Morgan fingerprint density at radius 3 is 2.29 bits per heavy atom. The van der Waals surface area contributed by atoms with Crippen LogP contribution in [0, 0.1) is 0 Å². The number of ketones is 1. The van der Waals surface area contributed by atoms with E-state index in [-0.39, 0.29) is 32.7 Å². The van der Waals surface area contributed by atoms with Gasteiger partial charge in [-0.25, -0.2) is 0 Å². The van der Waals surface area contributed by atoms with Gasteiger partial charge in [-0.2, -0.15) is 0 Å². The molecule has 9 heteroatoms. The first-order chi connectivity index (χ1) is 16.3. The molecule has 1 saturated heterocycles. The number of anilines is 1. The number of benzene rings is 3. The van der Waals surface area contributed by atoms with Crippen LogP contribution < -0.4 is 14.4 Å². The topological polar surface area (TPSA) is 96.3 Å². The van der Waals surface area contributed by atoms with Crippen LogP contribution in [0.3, 0.4) is 0 Å². The fourth-order valence-electron chi connectivity index (χ4n) is 3.94. The number of carbonyl (C=O) groups excluding carboxylic acids is 2.